The van der Waals surface area contributed by atoms with Crippen molar-refractivity contribution < 1.29 is 4.74 Å². The predicted molar refractivity (Wildman–Crippen MR) is 149 cm³/mol. The van der Waals surface area contributed by atoms with Gasteiger partial charge in [-0.15, -0.1) is 0 Å². The van der Waals surface area contributed by atoms with Gasteiger partial charge < -0.3 is 19.1 Å². The van der Waals surface area contributed by atoms with E-state index in [4.69, 9.17) is 4.74 Å². The number of fused-ring (bicyclic) bond motifs is 5. The summed E-state index contributed by atoms with van der Waals surface area (Å²) in [6.07, 6.45) is 14.1. The number of anilines is 2. The van der Waals surface area contributed by atoms with Gasteiger partial charge in [0.2, 0.25) is 0 Å². The normalized spacial score (nSPS) is 16.0. The van der Waals surface area contributed by atoms with Gasteiger partial charge in [0.25, 0.3) is 0 Å². The van der Waals surface area contributed by atoms with Crippen LogP contribution in [0.5, 0.6) is 11.5 Å². The van der Waals surface area contributed by atoms with Gasteiger partial charge in [0.15, 0.2) is 11.5 Å². The summed E-state index contributed by atoms with van der Waals surface area (Å²) in [7, 11) is 6.29. The molecule has 0 amide bonds. The lowest BCUT2D eigenvalue weighted by Crippen LogP contribution is -2.15. The van der Waals surface area contributed by atoms with E-state index >= 15 is 0 Å². The van der Waals surface area contributed by atoms with Crippen LogP contribution in [-0.4, -0.2) is 23.6 Å². The zero-order valence-corrected chi connectivity index (χ0v) is 20.7. The smallest absolute Gasteiger partial charge is 0.151 e. The van der Waals surface area contributed by atoms with Crippen LogP contribution in [0.15, 0.2) is 109 Å². The molecule has 4 nitrogen and oxygen atoms in total. The molecule has 1 aliphatic carbocycles. The Labute approximate surface area is 211 Å². The summed E-state index contributed by atoms with van der Waals surface area (Å²) in [5, 5.41) is 1.24. The molecular weight excluding hydrogens is 442 g/mol. The van der Waals surface area contributed by atoms with Crippen molar-refractivity contribution in [2.45, 2.75) is 6.42 Å². The Balaban J connectivity index is 1.25. The maximum absolute atomic E-state index is 6.54. The Morgan fingerprint density at radius 1 is 0.750 bits per heavy atom. The van der Waals surface area contributed by atoms with Crippen molar-refractivity contribution in [2.75, 3.05) is 19.0 Å². The van der Waals surface area contributed by atoms with E-state index < -0.39 is 0 Å². The lowest BCUT2D eigenvalue weighted by molar-refractivity contribution is 0.475. The average molecular weight is 470 g/mol. The summed E-state index contributed by atoms with van der Waals surface area (Å²) in [5.41, 5.74) is 10.7. The number of rotatable bonds is 2. The van der Waals surface area contributed by atoms with Crippen LogP contribution >= 0.6 is 0 Å². The first-order valence-electron chi connectivity index (χ1n) is 12.3. The maximum Gasteiger partial charge on any atom is 0.151 e. The topological polar surface area (TPSA) is 20.6 Å². The molecule has 3 aliphatic rings. The second-order valence-electron chi connectivity index (χ2n) is 9.83. The van der Waals surface area contributed by atoms with Crippen LogP contribution in [0.25, 0.3) is 27.6 Å². The molecule has 3 aromatic carbocycles. The van der Waals surface area contributed by atoms with Crippen LogP contribution in [-0.2, 0) is 7.05 Å². The molecule has 0 atom stereocenters. The van der Waals surface area contributed by atoms with Gasteiger partial charge in [0, 0.05) is 56.6 Å². The number of benzene rings is 3. The molecule has 0 fully saturated rings. The van der Waals surface area contributed by atoms with E-state index in [0.717, 1.165) is 40.4 Å². The Morgan fingerprint density at radius 2 is 1.47 bits per heavy atom. The van der Waals surface area contributed by atoms with Crippen LogP contribution in [0.2, 0.25) is 0 Å². The summed E-state index contributed by atoms with van der Waals surface area (Å²) in [6.45, 7) is 0. The summed E-state index contributed by atoms with van der Waals surface area (Å²) in [5.74, 6) is 1.76. The van der Waals surface area contributed by atoms with Crippen molar-refractivity contribution in [3.63, 3.8) is 0 Å². The van der Waals surface area contributed by atoms with Crippen molar-refractivity contribution in [1.82, 2.24) is 9.47 Å². The Morgan fingerprint density at radius 3 is 2.31 bits per heavy atom. The number of ether oxygens (including phenoxy) is 1. The fourth-order valence-electron chi connectivity index (χ4n) is 5.40. The van der Waals surface area contributed by atoms with Gasteiger partial charge in [-0.1, -0.05) is 30.4 Å². The highest BCUT2D eigenvalue weighted by Gasteiger charge is 2.23. The molecule has 2 bridgehead atoms. The molecule has 7 rings (SSSR count). The largest absolute Gasteiger partial charge is 0.453 e. The summed E-state index contributed by atoms with van der Waals surface area (Å²) >= 11 is 0. The van der Waals surface area contributed by atoms with Gasteiger partial charge in [-0.05, 0) is 82.5 Å². The SMILES string of the molecule is CN1C=CC2=CC(c3ccc4c(c3)Oc3cc(-c5ccc6c(ccn6C)c5)ccc3N4C)=CC=C1C2. The molecule has 1 aromatic heterocycles. The van der Waals surface area contributed by atoms with E-state index in [1.165, 1.54) is 33.3 Å². The third-order valence-corrected chi connectivity index (χ3v) is 7.56. The summed E-state index contributed by atoms with van der Waals surface area (Å²) in [4.78, 5) is 4.40. The van der Waals surface area contributed by atoms with Crippen molar-refractivity contribution in [3.05, 3.63) is 114 Å². The highest BCUT2D eigenvalue weighted by Crippen LogP contribution is 2.48. The summed E-state index contributed by atoms with van der Waals surface area (Å²) < 4.78 is 8.69. The Kier molecular flexibility index (Phi) is 4.52. The fraction of sp³-hybridized carbons (Fsp3) is 0.125. The van der Waals surface area contributed by atoms with E-state index in [1.54, 1.807) is 0 Å². The molecule has 4 aromatic rings. The molecular formula is C32H27N3O. The number of aryl methyl sites for hydroxylation is 1. The quantitative estimate of drug-likeness (QED) is 0.299. The molecule has 0 saturated heterocycles. The van der Waals surface area contributed by atoms with E-state index in [2.05, 4.69) is 133 Å². The van der Waals surface area contributed by atoms with Crippen molar-refractivity contribution in [1.29, 1.82) is 0 Å². The predicted octanol–water partition coefficient (Wildman–Crippen LogP) is 7.78. The molecule has 0 spiro atoms. The highest BCUT2D eigenvalue weighted by molar-refractivity contribution is 5.88. The first kappa shape index (κ1) is 20.9. The molecule has 0 saturated carbocycles. The molecule has 36 heavy (non-hydrogen) atoms. The van der Waals surface area contributed by atoms with E-state index in [0.29, 0.717) is 0 Å². The first-order chi connectivity index (χ1) is 17.5. The van der Waals surface area contributed by atoms with Crippen molar-refractivity contribution in [3.8, 4) is 22.6 Å². The standard InChI is InChI=1S/C32H27N3O/c1-33-14-12-21-16-22(4-8-27(33)17-21)24-6-10-29-31(19-24)36-32-20-25(7-11-30(32)35(29)3)23-5-9-28-26(18-23)13-15-34(28)2/h4-16,18-20H,17H2,1-3H3. The second kappa shape index (κ2) is 7.79. The number of nitrogens with zero attached hydrogens (tertiary/aromatic N) is 3. The Hall–Kier alpha value is -4.44. The minimum Gasteiger partial charge on any atom is -0.453 e. The van der Waals surface area contributed by atoms with Crippen molar-refractivity contribution in [2.24, 2.45) is 7.05 Å². The zero-order chi connectivity index (χ0) is 24.4. The van der Waals surface area contributed by atoms with Gasteiger partial charge in [-0.25, -0.2) is 0 Å². The fourth-order valence-corrected chi connectivity index (χ4v) is 5.40. The monoisotopic (exact) mass is 469 g/mol. The van der Waals surface area contributed by atoms with Crippen LogP contribution < -0.4 is 9.64 Å². The number of hydrogen-bond acceptors (Lipinski definition) is 3. The third-order valence-electron chi connectivity index (χ3n) is 7.56. The summed E-state index contributed by atoms with van der Waals surface area (Å²) in [6, 6.07) is 21.8. The maximum atomic E-state index is 6.54. The average Bonchev–Trinajstić information content (AvgIpc) is 3.16. The molecule has 0 radical (unpaired) electrons. The number of aromatic nitrogens is 1. The molecule has 2 aliphatic heterocycles. The van der Waals surface area contributed by atoms with E-state index in [-0.39, 0.29) is 0 Å². The van der Waals surface area contributed by atoms with Crippen molar-refractivity contribution >= 4 is 27.9 Å². The molecule has 0 N–H and O–H groups in total. The van der Waals surface area contributed by atoms with Gasteiger partial charge in [-0.2, -0.15) is 0 Å². The van der Waals surface area contributed by atoms with Gasteiger partial charge in [0.05, 0.1) is 11.4 Å². The van der Waals surface area contributed by atoms with Crippen LogP contribution in [0.1, 0.15) is 12.0 Å². The molecule has 4 heteroatoms. The van der Waals surface area contributed by atoms with Crippen LogP contribution in [0, 0.1) is 0 Å². The minimum absolute atomic E-state index is 0.878. The molecule has 3 heterocycles. The lowest BCUT2D eigenvalue weighted by Gasteiger charge is -2.30. The van der Waals surface area contributed by atoms with Crippen LogP contribution in [0.3, 0.4) is 0 Å². The van der Waals surface area contributed by atoms with E-state index in [9.17, 15) is 0 Å². The zero-order valence-electron chi connectivity index (χ0n) is 20.7. The number of allylic oxidation sites excluding steroid dienone is 6. The molecule has 0 unspecified atom stereocenters. The van der Waals surface area contributed by atoms with Gasteiger partial charge in [-0.3, -0.25) is 0 Å². The lowest BCUT2D eigenvalue weighted by atomic mass is 9.99. The number of hydrogen-bond donors (Lipinski definition) is 0. The van der Waals surface area contributed by atoms with E-state index in [1.807, 2.05) is 0 Å². The second-order valence-corrected chi connectivity index (χ2v) is 9.83. The van der Waals surface area contributed by atoms with Crippen LogP contribution in [0.4, 0.5) is 11.4 Å². The Bertz CT molecular complexity index is 1680. The first-order valence-corrected chi connectivity index (χ1v) is 12.3. The molecule has 176 valence electrons. The highest BCUT2D eigenvalue weighted by atomic mass is 16.5. The minimum atomic E-state index is 0.878. The van der Waals surface area contributed by atoms with Gasteiger partial charge in [0.1, 0.15) is 0 Å². The van der Waals surface area contributed by atoms with Gasteiger partial charge >= 0.3 is 0 Å². The third kappa shape index (κ3) is 3.29.